The fourth-order valence-electron chi connectivity index (χ4n) is 5.17. The molecule has 3 aromatic rings. The second kappa shape index (κ2) is 9.87. The SMILES string of the molecule is COc1cc(-c2cc3c(N[C@H]4CC[C@H](N(C)C)CC4)c(C(=O)C4CC4)cnc3cc2F)cc(Cl)c1O. The van der Waals surface area contributed by atoms with Crippen LogP contribution in [0.1, 0.15) is 48.9 Å². The number of fused-ring (bicyclic) bond motifs is 1. The lowest BCUT2D eigenvalue weighted by Crippen LogP contribution is -2.36. The van der Waals surface area contributed by atoms with E-state index in [1.165, 1.54) is 19.2 Å². The van der Waals surface area contributed by atoms with Crippen molar-refractivity contribution in [2.24, 2.45) is 5.92 Å². The number of carbonyl (C=O) groups excluding carboxylic acids is 1. The molecule has 0 saturated heterocycles. The molecule has 1 heterocycles. The number of carbonyl (C=O) groups is 1. The number of nitrogens with one attached hydrogen (secondary N) is 1. The van der Waals surface area contributed by atoms with Crippen LogP contribution in [0, 0.1) is 11.7 Å². The zero-order valence-corrected chi connectivity index (χ0v) is 21.5. The Balaban J connectivity index is 1.61. The van der Waals surface area contributed by atoms with Gasteiger partial charge in [0.1, 0.15) is 5.82 Å². The minimum absolute atomic E-state index is 0.0364. The summed E-state index contributed by atoms with van der Waals surface area (Å²) in [5, 5.41) is 14.6. The number of halogens is 2. The predicted molar refractivity (Wildman–Crippen MR) is 141 cm³/mol. The molecule has 0 spiro atoms. The van der Waals surface area contributed by atoms with E-state index in [-0.39, 0.29) is 34.3 Å². The minimum atomic E-state index is -0.475. The zero-order valence-electron chi connectivity index (χ0n) is 20.8. The average molecular weight is 512 g/mol. The highest BCUT2D eigenvalue weighted by Gasteiger charge is 2.33. The lowest BCUT2D eigenvalue weighted by Gasteiger charge is -2.34. The Labute approximate surface area is 215 Å². The van der Waals surface area contributed by atoms with Crippen LogP contribution >= 0.6 is 11.6 Å². The number of pyridine rings is 1. The molecule has 0 unspecified atom stereocenters. The molecule has 2 aliphatic carbocycles. The first-order valence-corrected chi connectivity index (χ1v) is 12.8. The van der Waals surface area contributed by atoms with Crippen molar-refractivity contribution in [3.8, 4) is 22.6 Å². The van der Waals surface area contributed by atoms with E-state index >= 15 is 4.39 Å². The topological polar surface area (TPSA) is 74.7 Å². The van der Waals surface area contributed by atoms with E-state index in [0.717, 1.165) is 44.2 Å². The van der Waals surface area contributed by atoms with Gasteiger partial charge in [-0.1, -0.05) is 11.6 Å². The average Bonchev–Trinajstić information content (AvgIpc) is 3.71. The summed E-state index contributed by atoms with van der Waals surface area (Å²) in [4.78, 5) is 20.0. The molecule has 0 bridgehead atoms. The molecular formula is C28H31ClFN3O3. The van der Waals surface area contributed by atoms with Crippen LogP contribution < -0.4 is 10.1 Å². The highest BCUT2D eigenvalue weighted by atomic mass is 35.5. The van der Waals surface area contributed by atoms with Gasteiger partial charge in [-0.2, -0.15) is 0 Å². The molecule has 0 radical (unpaired) electrons. The summed E-state index contributed by atoms with van der Waals surface area (Å²) in [7, 11) is 5.64. The standard InChI is InChI=1S/C28H31ClFN3O3/c1-33(2)18-8-6-17(7-9-18)32-26-20-12-19(16-10-22(29)28(35)25(11-16)36-3)23(30)13-24(20)31-14-21(26)27(34)15-4-5-15/h10-15,17-18,35H,4-9H2,1-3H3,(H,31,32)/t17-,18-. The van der Waals surface area contributed by atoms with Gasteiger partial charge in [0.2, 0.25) is 0 Å². The molecule has 190 valence electrons. The van der Waals surface area contributed by atoms with Crippen molar-refractivity contribution in [2.45, 2.75) is 50.6 Å². The van der Waals surface area contributed by atoms with Crippen molar-refractivity contribution in [1.29, 1.82) is 0 Å². The predicted octanol–water partition coefficient (Wildman–Crippen LogP) is 6.29. The van der Waals surface area contributed by atoms with Crippen LogP contribution in [0.3, 0.4) is 0 Å². The van der Waals surface area contributed by atoms with Crippen LogP contribution in [0.15, 0.2) is 30.5 Å². The quantitative estimate of drug-likeness (QED) is 0.363. The third kappa shape index (κ3) is 4.74. The monoisotopic (exact) mass is 511 g/mol. The summed E-state index contributed by atoms with van der Waals surface area (Å²) in [6, 6.07) is 6.93. The minimum Gasteiger partial charge on any atom is -0.503 e. The lowest BCUT2D eigenvalue weighted by molar-refractivity contribution is 0.0968. The van der Waals surface area contributed by atoms with Gasteiger partial charge >= 0.3 is 0 Å². The molecule has 0 atom stereocenters. The first-order valence-electron chi connectivity index (χ1n) is 12.4. The van der Waals surface area contributed by atoms with Gasteiger partial charge in [0.05, 0.1) is 28.9 Å². The summed E-state index contributed by atoms with van der Waals surface area (Å²) in [6.45, 7) is 0. The van der Waals surface area contributed by atoms with Crippen molar-refractivity contribution < 1.29 is 19.0 Å². The number of Topliss-reactive ketones (excluding diaryl/α,β-unsaturated/α-hetero) is 1. The Hall–Kier alpha value is -2.90. The van der Waals surface area contributed by atoms with E-state index in [2.05, 4.69) is 29.3 Å². The van der Waals surface area contributed by atoms with Gasteiger partial charge in [0, 0.05) is 41.2 Å². The number of ketones is 1. The molecule has 0 amide bonds. The Morgan fingerprint density at radius 1 is 1.14 bits per heavy atom. The number of nitrogens with zero attached hydrogens (tertiary/aromatic N) is 2. The molecule has 0 aliphatic heterocycles. The van der Waals surface area contributed by atoms with E-state index in [0.29, 0.717) is 33.6 Å². The Bertz CT molecular complexity index is 1320. The van der Waals surface area contributed by atoms with Crippen LogP contribution in [0.5, 0.6) is 11.5 Å². The van der Waals surface area contributed by atoms with Gasteiger partial charge in [-0.05, 0) is 76.4 Å². The smallest absolute Gasteiger partial charge is 0.176 e. The molecule has 2 aromatic carbocycles. The molecule has 2 N–H and O–H groups in total. The van der Waals surface area contributed by atoms with Crippen molar-refractivity contribution in [1.82, 2.24) is 9.88 Å². The van der Waals surface area contributed by atoms with Crippen LogP contribution in [0.2, 0.25) is 5.02 Å². The fourth-order valence-corrected chi connectivity index (χ4v) is 5.38. The molecule has 5 rings (SSSR count). The van der Waals surface area contributed by atoms with Gasteiger partial charge in [0.25, 0.3) is 0 Å². The molecule has 36 heavy (non-hydrogen) atoms. The number of aromatic nitrogens is 1. The van der Waals surface area contributed by atoms with E-state index in [9.17, 15) is 9.90 Å². The second-order valence-electron chi connectivity index (χ2n) is 10.2. The zero-order chi connectivity index (χ0) is 25.6. The first-order chi connectivity index (χ1) is 17.3. The van der Waals surface area contributed by atoms with Crippen molar-refractivity contribution >= 4 is 34.0 Å². The van der Waals surface area contributed by atoms with E-state index in [4.69, 9.17) is 16.3 Å². The van der Waals surface area contributed by atoms with Gasteiger partial charge in [0.15, 0.2) is 17.3 Å². The Morgan fingerprint density at radius 2 is 1.86 bits per heavy atom. The molecule has 6 nitrogen and oxygen atoms in total. The highest BCUT2D eigenvalue weighted by molar-refractivity contribution is 6.32. The van der Waals surface area contributed by atoms with Gasteiger partial charge in [-0.25, -0.2) is 4.39 Å². The summed E-state index contributed by atoms with van der Waals surface area (Å²) in [5.41, 5.74) is 2.53. The normalized spacial score (nSPS) is 20.1. The highest BCUT2D eigenvalue weighted by Crippen LogP contribution is 2.42. The largest absolute Gasteiger partial charge is 0.503 e. The van der Waals surface area contributed by atoms with Crippen LogP contribution in [-0.2, 0) is 0 Å². The first kappa shape index (κ1) is 24.8. The molecule has 2 fully saturated rings. The van der Waals surface area contributed by atoms with Crippen molar-refractivity contribution in [2.75, 3.05) is 26.5 Å². The number of hydrogen-bond donors (Lipinski definition) is 2. The van der Waals surface area contributed by atoms with Gasteiger partial charge < -0.3 is 20.1 Å². The van der Waals surface area contributed by atoms with Crippen LogP contribution in [0.25, 0.3) is 22.0 Å². The number of phenols is 1. The molecule has 8 heteroatoms. The number of hydrogen-bond acceptors (Lipinski definition) is 6. The fraction of sp³-hybridized carbons (Fsp3) is 0.429. The van der Waals surface area contributed by atoms with Gasteiger partial charge in [-0.15, -0.1) is 0 Å². The second-order valence-corrected chi connectivity index (χ2v) is 10.6. The Morgan fingerprint density at radius 3 is 2.50 bits per heavy atom. The van der Waals surface area contributed by atoms with E-state index < -0.39 is 5.82 Å². The number of methoxy groups -OCH3 is 1. The number of rotatable bonds is 7. The molecule has 2 aliphatic rings. The van der Waals surface area contributed by atoms with Crippen LogP contribution in [0.4, 0.5) is 10.1 Å². The summed E-state index contributed by atoms with van der Waals surface area (Å²) in [6.07, 6.45) is 7.51. The number of ether oxygens (including phenoxy) is 1. The third-order valence-electron chi connectivity index (χ3n) is 7.51. The third-order valence-corrected chi connectivity index (χ3v) is 7.79. The van der Waals surface area contributed by atoms with Crippen molar-refractivity contribution in [3.05, 3.63) is 46.9 Å². The molecule has 2 saturated carbocycles. The number of phenolic OH excluding ortho intramolecular Hbond substituents is 1. The van der Waals surface area contributed by atoms with Crippen LogP contribution in [-0.4, -0.2) is 54.1 Å². The maximum atomic E-state index is 15.3. The maximum absolute atomic E-state index is 15.3. The van der Waals surface area contributed by atoms with E-state index in [1.54, 1.807) is 18.3 Å². The van der Waals surface area contributed by atoms with E-state index in [1.807, 2.05) is 0 Å². The number of benzene rings is 2. The maximum Gasteiger partial charge on any atom is 0.176 e. The lowest BCUT2D eigenvalue weighted by atomic mass is 9.89. The molecule has 1 aromatic heterocycles. The number of anilines is 1. The summed E-state index contributed by atoms with van der Waals surface area (Å²) in [5.74, 6) is -0.386. The van der Waals surface area contributed by atoms with Gasteiger partial charge in [-0.3, -0.25) is 9.78 Å². The molecular weight excluding hydrogens is 481 g/mol. The van der Waals surface area contributed by atoms with Crippen molar-refractivity contribution in [3.63, 3.8) is 0 Å². The Kier molecular flexibility index (Phi) is 6.79. The number of aromatic hydroxyl groups is 1. The summed E-state index contributed by atoms with van der Waals surface area (Å²) < 4.78 is 20.5. The summed E-state index contributed by atoms with van der Waals surface area (Å²) >= 11 is 6.20.